The fourth-order valence-electron chi connectivity index (χ4n) is 6.29. The molecule has 2 aromatic carbocycles. The standard InChI is InChI=1S/C26H28F4NO2P/c1-33-18-3-5-23-20(14-18)19(6-9-31-23)25(32)24-13-16-7-10-34(24,11-8-16)15-17-2-4-21(22(27)12-17)26(28,29)30/h2-6,9,12,14,16,24-25,32,34H,7-8,10-11,13,15H2,1H3/t24-,25+/m1/s1. The van der Waals surface area contributed by atoms with E-state index in [2.05, 4.69) is 4.98 Å². The first kappa shape index (κ1) is 23.5. The number of nitrogens with zero attached hydrogens (tertiary/aromatic N) is 1. The fourth-order valence-corrected chi connectivity index (χ4v) is 12.6. The molecular weight excluding hydrogens is 465 g/mol. The van der Waals surface area contributed by atoms with E-state index >= 15 is 0 Å². The van der Waals surface area contributed by atoms with E-state index in [-0.39, 0.29) is 5.66 Å². The summed E-state index contributed by atoms with van der Waals surface area (Å²) in [7, 11) is -0.556. The van der Waals surface area contributed by atoms with Crippen molar-refractivity contribution >= 4 is 18.2 Å². The zero-order valence-corrected chi connectivity index (χ0v) is 19.9. The number of halogens is 4. The monoisotopic (exact) mass is 493 g/mol. The summed E-state index contributed by atoms with van der Waals surface area (Å²) in [6.07, 6.45) is 1.98. The van der Waals surface area contributed by atoms with Gasteiger partial charge in [-0.3, -0.25) is 0 Å². The average molecular weight is 493 g/mol. The van der Waals surface area contributed by atoms with Crippen LogP contribution in [0.4, 0.5) is 17.6 Å². The van der Waals surface area contributed by atoms with Crippen molar-refractivity contribution in [3.8, 4) is 5.75 Å². The summed E-state index contributed by atoms with van der Waals surface area (Å²) in [5, 5.41) is 12.6. The van der Waals surface area contributed by atoms with Crippen LogP contribution in [0.15, 0.2) is 48.7 Å². The third kappa shape index (κ3) is 4.18. The zero-order chi connectivity index (χ0) is 24.1. The van der Waals surface area contributed by atoms with Crippen LogP contribution in [0.2, 0.25) is 0 Å². The van der Waals surface area contributed by atoms with Crippen molar-refractivity contribution in [1.29, 1.82) is 0 Å². The summed E-state index contributed by atoms with van der Waals surface area (Å²) < 4.78 is 58.8. The molecule has 2 atom stereocenters. The van der Waals surface area contributed by atoms with E-state index in [4.69, 9.17) is 4.74 Å². The Balaban J connectivity index is 1.50. The molecule has 6 rings (SSSR count). The van der Waals surface area contributed by atoms with Gasteiger partial charge in [0.1, 0.15) is 0 Å². The van der Waals surface area contributed by atoms with Crippen molar-refractivity contribution in [2.75, 3.05) is 19.4 Å². The Hall–Kier alpha value is -2.24. The van der Waals surface area contributed by atoms with E-state index in [1.165, 1.54) is 6.07 Å². The van der Waals surface area contributed by atoms with Gasteiger partial charge in [-0.1, -0.05) is 0 Å². The van der Waals surface area contributed by atoms with Gasteiger partial charge in [0.25, 0.3) is 0 Å². The summed E-state index contributed by atoms with van der Waals surface area (Å²) in [5.41, 5.74) is 1.03. The van der Waals surface area contributed by atoms with E-state index in [1.54, 1.807) is 13.3 Å². The van der Waals surface area contributed by atoms with Crippen LogP contribution >= 0.6 is 7.26 Å². The summed E-state index contributed by atoms with van der Waals surface area (Å²) >= 11 is 0. The maximum absolute atomic E-state index is 14.3. The van der Waals surface area contributed by atoms with Crippen LogP contribution in [0.1, 0.15) is 42.1 Å². The van der Waals surface area contributed by atoms with Gasteiger partial charge < -0.3 is 0 Å². The SMILES string of the molecule is COc1ccc2nccc([C@H](O)[C@H]3CC4CC[PH]3(Cc3ccc(C(F)(F)F)c(F)c3)CC4)c2c1. The molecule has 4 heterocycles. The molecule has 3 fully saturated rings. The number of hydrogen-bond acceptors (Lipinski definition) is 3. The van der Waals surface area contributed by atoms with Crippen molar-refractivity contribution < 1.29 is 27.4 Å². The van der Waals surface area contributed by atoms with Crippen LogP contribution in [0.3, 0.4) is 0 Å². The van der Waals surface area contributed by atoms with Gasteiger partial charge in [0.05, 0.1) is 0 Å². The molecule has 3 aliphatic rings. The number of benzene rings is 2. The molecule has 34 heavy (non-hydrogen) atoms. The molecule has 182 valence electrons. The third-order valence-electron chi connectivity index (χ3n) is 8.05. The van der Waals surface area contributed by atoms with Gasteiger partial charge in [-0.2, -0.15) is 0 Å². The van der Waals surface area contributed by atoms with Gasteiger partial charge in [0.2, 0.25) is 0 Å². The number of aromatic nitrogens is 1. The van der Waals surface area contributed by atoms with E-state index in [0.29, 0.717) is 23.4 Å². The van der Waals surface area contributed by atoms with Gasteiger partial charge in [0, 0.05) is 0 Å². The fraction of sp³-hybridized carbons (Fsp3) is 0.423. The van der Waals surface area contributed by atoms with Crippen LogP contribution in [0.5, 0.6) is 5.75 Å². The number of hydrogen-bond donors (Lipinski definition) is 1. The number of aliphatic hydroxyl groups excluding tert-OH is 1. The number of methoxy groups -OCH3 is 1. The van der Waals surface area contributed by atoms with Crippen molar-refractivity contribution in [2.24, 2.45) is 5.92 Å². The Morgan fingerprint density at radius 2 is 1.88 bits per heavy atom. The predicted octanol–water partition coefficient (Wildman–Crippen LogP) is 6.57. The Morgan fingerprint density at radius 1 is 1.12 bits per heavy atom. The summed E-state index contributed by atoms with van der Waals surface area (Å²) in [5.74, 6) is 0.0246. The molecule has 1 N–H and O–H groups in total. The number of aliphatic hydroxyl groups is 1. The minimum atomic E-state index is -4.70. The number of alkyl halides is 3. The maximum atomic E-state index is 14.3. The van der Waals surface area contributed by atoms with E-state index < -0.39 is 30.9 Å². The number of rotatable bonds is 5. The Labute approximate surface area is 196 Å². The Kier molecular flexibility index (Phi) is 6.06. The van der Waals surface area contributed by atoms with Crippen molar-refractivity contribution in [2.45, 2.75) is 43.4 Å². The van der Waals surface area contributed by atoms with Crippen LogP contribution in [-0.4, -0.2) is 35.2 Å². The molecule has 0 aliphatic carbocycles. The molecule has 0 radical (unpaired) electrons. The van der Waals surface area contributed by atoms with Crippen LogP contribution in [-0.2, 0) is 12.3 Å². The van der Waals surface area contributed by atoms with Gasteiger partial charge in [-0.05, 0) is 0 Å². The molecule has 2 bridgehead atoms. The average Bonchev–Trinajstić information content (AvgIpc) is 2.82. The second kappa shape index (κ2) is 8.76. The van der Waals surface area contributed by atoms with E-state index in [1.807, 2.05) is 24.3 Å². The molecule has 0 amide bonds. The van der Waals surface area contributed by atoms with Crippen molar-refractivity contribution in [3.63, 3.8) is 0 Å². The molecular formula is C26H28F4NO2P. The molecule has 0 spiro atoms. The van der Waals surface area contributed by atoms with Crippen molar-refractivity contribution in [3.05, 3.63) is 71.2 Å². The number of pyridine rings is 1. The normalized spacial score (nSPS) is 23.6. The van der Waals surface area contributed by atoms with Crippen LogP contribution < -0.4 is 4.74 Å². The van der Waals surface area contributed by atoms with Crippen LogP contribution in [0, 0.1) is 11.7 Å². The van der Waals surface area contributed by atoms with Gasteiger partial charge >= 0.3 is 196 Å². The molecule has 1 aromatic heterocycles. The second-order valence-electron chi connectivity index (χ2n) is 9.86. The van der Waals surface area contributed by atoms with Gasteiger partial charge in [0.15, 0.2) is 0 Å². The molecule has 8 heteroatoms. The first-order chi connectivity index (χ1) is 16.2. The summed E-state index contributed by atoms with van der Waals surface area (Å²) in [6.45, 7) is 0. The molecule has 3 nitrogen and oxygen atoms in total. The first-order valence-electron chi connectivity index (χ1n) is 11.7. The second-order valence-corrected chi connectivity index (χ2v) is 14.7. The van der Waals surface area contributed by atoms with Crippen LogP contribution in [0.25, 0.3) is 10.9 Å². The third-order valence-corrected chi connectivity index (χ3v) is 13.9. The quantitative estimate of drug-likeness (QED) is 0.323. The van der Waals surface area contributed by atoms with Crippen molar-refractivity contribution in [1.82, 2.24) is 4.98 Å². The molecule has 0 unspecified atom stereocenters. The Morgan fingerprint density at radius 3 is 2.56 bits per heavy atom. The molecule has 3 aromatic rings. The van der Waals surface area contributed by atoms with Gasteiger partial charge in [-0.25, -0.2) is 0 Å². The minimum absolute atomic E-state index is 0.0576. The summed E-state index contributed by atoms with van der Waals surface area (Å²) in [4.78, 5) is 4.43. The number of fused-ring (bicyclic) bond motifs is 4. The molecule has 3 aliphatic heterocycles. The van der Waals surface area contributed by atoms with E-state index in [9.17, 15) is 22.7 Å². The van der Waals surface area contributed by atoms with Gasteiger partial charge in [-0.15, -0.1) is 0 Å². The zero-order valence-electron chi connectivity index (χ0n) is 18.9. The first-order valence-corrected chi connectivity index (χ1v) is 14.4. The Bertz CT molecular complexity index is 1210. The molecule has 3 saturated heterocycles. The van der Waals surface area contributed by atoms with E-state index in [0.717, 1.165) is 60.2 Å². The summed E-state index contributed by atoms with van der Waals surface area (Å²) in [6, 6.07) is 10.8. The number of ether oxygens (including phenoxy) is 1. The predicted molar refractivity (Wildman–Crippen MR) is 128 cm³/mol. The molecule has 0 saturated carbocycles. The topological polar surface area (TPSA) is 42.4 Å².